The van der Waals surface area contributed by atoms with Gasteiger partial charge < -0.3 is 10.1 Å². The van der Waals surface area contributed by atoms with Crippen LogP contribution in [0.4, 0.5) is 0 Å². The summed E-state index contributed by atoms with van der Waals surface area (Å²) in [7, 11) is 1.62. The second kappa shape index (κ2) is 8.65. The van der Waals surface area contributed by atoms with Crippen LogP contribution in [0.15, 0.2) is 41.2 Å². The van der Waals surface area contributed by atoms with Gasteiger partial charge in [0, 0.05) is 30.6 Å². The van der Waals surface area contributed by atoms with E-state index in [1.54, 1.807) is 13.2 Å². The molecule has 0 spiro atoms. The molecule has 1 fully saturated rings. The molecular weight excluding hydrogens is 330 g/mol. The Balaban J connectivity index is 1.57. The van der Waals surface area contributed by atoms with Gasteiger partial charge in [0.1, 0.15) is 5.75 Å². The van der Waals surface area contributed by atoms with E-state index in [2.05, 4.69) is 10.4 Å². The average Bonchev–Trinajstić information content (AvgIpc) is 3.21. The maximum atomic E-state index is 12.0. The van der Waals surface area contributed by atoms with Gasteiger partial charge in [-0.25, -0.2) is 4.68 Å². The molecule has 1 N–H and O–H groups in total. The number of aryl methyl sites for hydroxylation is 1. The number of nitrogens with zero attached hydrogens (tertiary/aromatic N) is 2. The number of hydrogen-bond donors (Lipinski definition) is 1. The summed E-state index contributed by atoms with van der Waals surface area (Å²) in [5.74, 6) is 1.10. The molecule has 26 heavy (non-hydrogen) atoms. The van der Waals surface area contributed by atoms with Crippen molar-refractivity contribution in [3.63, 3.8) is 0 Å². The monoisotopic (exact) mass is 355 g/mol. The van der Waals surface area contributed by atoms with Crippen molar-refractivity contribution in [3.8, 4) is 17.0 Å². The fourth-order valence-corrected chi connectivity index (χ4v) is 3.30. The van der Waals surface area contributed by atoms with E-state index in [0.717, 1.165) is 42.7 Å². The third kappa shape index (κ3) is 4.50. The zero-order valence-electron chi connectivity index (χ0n) is 15.1. The Bertz CT molecular complexity index is 793. The van der Waals surface area contributed by atoms with E-state index in [1.807, 2.05) is 24.3 Å². The van der Waals surface area contributed by atoms with Crippen LogP contribution in [0, 0.1) is 5.92 Å². The Morgan fingerprint density at radius 3 is 2.62 bits per heavy atom. The molecule has 1 aliphatic rings. The van der Waals surface area contributed by atoms with Crippen LogP contribution in [-0.2, 0) is 11.3 Å². The molecule has 3 rings (SSSR count). The lowest BCUT2D eigenvalue weighted by atomic mass is 10.1. The molecule has 0 atom stereocenters. The van der Waals surface area contributed by atoms with Crippen molar-refractivity contribution in [2.45, 2.75) is 38.6 Å². The van der Waals surface area contributed by atoms with Gasteiger partial charge in [-0.05, 0) is 49.6 Å². The van der Waals surface area contributed by atoms with Gasteiger partial charge in [-0.3, -0.25) is 9.59 Å². The summed E-state index contributed by atoms with van der Waals surface area (Å²) in [4.78, 5) is 24.0. The molecular formula is C20H25N3O3. The topological polar surface area (TPSA) is 73.2 Å². The van der Waals surface area contributed by atoms with Gasteiger partial charge >= 0.3 is 0 Å². The highest BCUT2D eigenvalue weighted by atomic mass is 16.5. The first-order valence-electron chi connectivity index (χ1n) is 9.17. The van der Waals surface area contributed by atoms with Crippen molar-refractivity contribution in [3.05, 3.63) is 46.8 Å². The molecule has 0 saturated heterocycles. The third-order valence-corrected chi connectivity index (χ3v) is 4.82. The Labute approximate surface area is 153 Å². The maximum absolute atomic E-state index is 12.0. The molecule has 0 radical (unpaired) electrons. The van der Waals surface area contributed by atoms with Crippen LogP contribution in [0.5, 0.6) is 5.75 Å². The van der Waals surface area contributed by atoms with Crippen LogP contribution in [0.3, 0.4) is 0 Å². The third-order valence-electron chi connectivity index (χ3n) is 4.82. The molecule has 1 aromatic heterocycles. The summed E-state index contributed by atoms with van der Waals surface area (Å²) < 4.78 is 6.62. The van der Waals surface area contributed by atoms with Gasteiger partial charge in [0.15, 0.2) is 0 Å². The first-order chi connectivity index (χ1) is 12.7. The highest BCUT2D eigenvalue weighted by Gasteiger charge is 2.21. The number of carbonyl (C=O) groups is 1. The van der Waals surface area contributed by atoms with Crippen LogP contribution >= 0.6 is 0 Å². The molecule has 138 valence electrons. The molecule has 1 heterocycles. The van der Waals surface area contributed by atoms with Crippen molar-refractivity contribution < 1.29 is 9.53 Å². The van der Waals surface area contributed by atoms with Gasteiger partial charge in [-0.15, -0.1) is 0 Å². The molecule has 1 aromatic carbocycles. The molecule has 0 unspecified atom stereocenters. The number of methoxy groups -OCH3 is 1. The fraction of sp³-hybridized carbons (Fsp3) is 0.450. The van der Waals surface area contributed by atoms with E-state index in [9.17, 15) is 9.59 Å². The second-order valence-corrected chi connectivity index (χ2v) is 6.63. The van der Waals surface area contributed by atoms with Crippen molar-refractivity contribution >= 4 is 5.91 Å². The van der Waals surface area contributed by atoms with E-state index < -0.39 is 0 Å². The lowest BCUT2D eigenvalue weighted by Gasteiger charge is -2.11. The van der Waals surface area contributed by atoms with Gasteiger partial charge in [-0.1, -0.05) is 12.8 Å². The van der Waals surface area contributed by atoms with Gasteiger partial charge in [0.25, 0.3) is 5.56 Å². The van der Waals surface area contributed by atoms with Gasteiger partial charge in [-0.2, -0.15) is 5.10 Å². The largest absolute Gasteiger partial charge is 0.497 e. The quantitative estimate of drug-likeness (QED) is 0.775. The van der Waals surface area contributed by atoms with Crippen molar-refractivity contribution in [2.75, 3.05) is 13.7 Å². The lowest BCUT2D eigenvalue weighted by molar-refractivity contribution is -0.124. The second-order valence-electron chi connectivity index (χ2n) is 6.63. The van der Waals surface area contributed by atoms with Crippen molar-refractivity contribution in [1.29, 1.82) is 0 Å². The summed E-state index contributed by atoms with van der Waals surface area (Å²) in [6.45, 7) is 1.05. The Morgan fingerprint density at radius 2 is 1.92 bits per heavy atom. The number of carbonyl (C=O) groups excluding carboxylic acids is 1. The number of nitrogens with one attached hydrogen (secondary N) is 1. The normalized spacial score (nSPS) is 14.3. The van der Waals surface area contributed by atoms with Crippen LogP contribution < -0.4 is 15.6 Å². The standard InChI is InChI=1S/C20H25N3O3/c1-26-17-9-7-15(8-10-17)18-11-12-19(24)23(22-18)14-4-13-21-20(25)16-5-2-3-6-16/h7-12,16H,2-6,13-14H2,1H3,(H,21,25). The lowest BCUT2D eigenvalue weighted by Crippen LogP contribution is -2.31. The number of amides is 1. The van der Waals surface area contributed by atoms with Crippen molar-refractivity contribution in [1.82, 2.24) is 15.1 Å². The summed E-state index contributed by atoms with van der Waals surface area (Å²) in [6, 6.07) is 10.8. The highest BCUT2D eigenvalue weighted by molar-refractivity contribution is 5.78. The molecule has 1 amide bonds. The van der Waals surface area contributed by atoms with Gasteiger partial charge in [0.2, 0.25) is 5.91 Å². The van der Waals surface area contributed by atoms with Gasteiger partial charge in [0.05, 0.1) is 12.8 Å². The minimum absolute atomic E-state index is 0.135. The molecule has 6 heteroatoms. The van der Waals surface area contributed by atoms with Crippen LogP contribution in [0.25, 0.3) is 11.3 Å². The van der Waals surface area contributed by atoms with E-state index in [0.29, 0.717) is 19.5 Å². The molecule has 1 aliphatic carbocycles. The van der Waals surface area contributed by atoms with Crippen LogP contribution in [0.2, 0.25) is 0 Å². The molecule has 0 aliphatic heterocycles. The summed E-state index contributed by atoms with van der Waals surface area (Å²) in [6.07, 6.45) is 4.97. The number of benzene rings is 1. The minimum atomic E-state index is -0.135. The number of rotatable bonds is 7. The predicted molar refractivity (Wildman–Crippen MR) is 100 cm³/mol. The zero-order valence-corrected chi connectivity index (χ0v) is 15.1. The highest BCUT2D eigenvalue weighted by Crippen LogP contribution is 2.24. The summed E-state index contributed by atoms with van der Waals surface area (Å²) in [5.41, 5.74) is 1.53. The SMILES string of the molecule is COc1ccc(-c2ccc(=O)n(CCCNC(=O)C3CCCC3)n2)cc1. The van der Waals surface area contributed by atoms with E-state index in [1.165, 1.54) is 10.7 Å². The van der Waals surface area contributed by atoms with E-state index >= 15 is 0 Å². The summed E-state index contributed by atoms with van der Waals surface area (Å²) in [5, 5.41) is 7.42. The Morgan fingerprint density at radius 1 is 1.19 bits per heavy atom. The van der Waals surface area contributed by atoms with Crippen LogP contribution in [-0.4, -0.2) is 29.3 Å². The first-order valence-corrected chi connectivity index (χ1v) is 9.17. The maximum Gasteiger partial charge on any atom is 0.266 e. The number of ether oxygens (including phenoxy) is 1. The van der Waals surface area contributed by atoms with E-state index in [4.69, 9.17) is 4.74 Å². The van der Waals surface area contributed by atoms with Crippen LogP contribution in [0.1, 0.15) is 32.1 Å². The average molecular weight is 355 g/mol. The molecule has 6 nitrogen and oxygen atoms in total. The Kier molecular flexibility index (Phi) is 6.04. The Hall–Kier alpha value is -2.63. The fourth-order valence-electron chi connectivity index (χ4n) is 3.30. The molecule has 0 bridgehead atoms. The first kappa shape index (κ1) is 18.2. The minimum Gasteiger partial charge on any atom is -0.497 e. The van der Waals surface area contributed by atoms with E-state index in [-0.39, 0.29) is 17.4 Å². The predicted octanol–water partition coefficient (Wildman–Crippen LogP) is 2.62. The smallest absolute Gasteiger partial charge is 0.266 e. The summed E-state index contributed by atoms with van der Waals surface area (Å²) >= 11 is 0. The number of hydrogen-bond acceptors (Lipinski definition) is 4. The van der Waals surface area contributed by atoms with Crippen molar-refractivity contribution in [2.24, 2.45) is 5.92 Å². The molecule has 2 aromatic rings. The number of aromatic nitrogens is 2. The molecule has 1 saturated carbocycles. The zero-order chi connectivity index (χ0) is 18.4.